The first-order valence-electron chi connectivity index (χ1n) is 9.68. The highest BCUT2D eigenvalue weighted by molar-refractivity contribution is 5.75. The predicted octanol–water partition coefficient (Wildman–Crippen LogP) is 4.81. The van der Waals surface area contributed by atoms with Gasteiger partial charge in [0.15, 0.2) is 6.29 Å². The molecule has 0 amide bonds. The van der Waals surface area contributed by atoms with Crippen molar-refractivity contribution in [1.29, 1.82) is 0 Å². The molecule has 0 bridgehead atoms. The summed E-state index contributed by atoms with van der Waals surface area (Å²) in [6, 6.07) is 6.05. The first kappa shape index (κ1) is 19.9. The smallest absolute Gasteiger partial charge is 0.319 e. The zero-order valence-electron chi connectivity index (χ0n) is 15.9. The molecule has 0 radical (unpaired) electrons. The van der Waals surface area contributed by atoms with E-state index >= 15 is 0 Å². The standard InChI is InChI=1S/C21H32O4/c1-4-6-8-10-20-23-14-18(15-24-20)21(22)25-19-12-11-17(9-7-5-2)13-16(19)3/h11-13,18,20H,4-10,14-15H2,1-3H3. The molecule has 1 aromatic carbocycles. The zero-order valence-corrected chi connectivity index (χ0v) is 15.9. The Balaban J connectivity index is 1.80. The highest BCUT2D eigenvalue weighted by Gasteiger charge is 2.29. The summed E-state index contributed by atoms with van der Waals surface area (Å²) in [5.41, 5.74) is 2.29. The van der Waals surface area contributed by atoms with Gasteiger partial charge in [0.2, 0.25) is 0 Å². The molecule has 4 nitrogen and oxygen atoms in total. The van der Waals surface area contributed by atoms with Gasteiger partial charge >= 0.3 is 5.97 Å². The van der Waals surface area contributed by atoms with Crippen molar-refractivity contribution in [3.63, 3.8) is 0 Å². The van der Waals surface area contributed by atoms with E-state index in [1.807, 2.05) is 19.1 Å². The third-order valence-corrected chi connectivity index (χ3v) is 4.61. The number of benzene rings is 1. The molecule has 0 saturated carbocycles. The van der Waals surface area contributed by atoms with Crippen molar-refractivity contribution in [1.82, 2.24) is 0 Å². The largest absolute Gasteiger partial charge is 0.426 e. The van der Waals surface area contributed by atoms with Gasteiger partial charge in [-0.05, 0) is 49.8 Å². The van der Waals surface area contributed by atoms with Crippen LogP contribution in [0.2, 0.25) is 0 Å². The number of unbranched alkanes of at least 4 members (excludes halogenated alkanes) is 3. The van der Waals surface area contributed by atoms with E-state index in [0.717, 1.165) is 24.8 Å². The molecule has 0 atom stereocenters. The van der Waals surface area contributed by atoms with Crippen LogP contribution >= 0.6 is 0 Å². The molecule has 1 aliphatic heterocycles. The van der Waals surface area contributed by atoms with Crippen molar-refractivity contribution in [3.8, 4) is 5.75 Å². The number of rotatable bonds is 9. The predicted molar refractivity (Wildman–Crippen MR) is 98.8 cm³/mol. The van der Waals surface area contributed by atoms with Crippen molar-refractivity contribution in [2.75, 3.05) is 13.2 Å². The fraction of sp³-hybridized carbons (Fsp3) is 0.667. The Kier molecular flexibility index (Phi) is 8.42. The van der Waals surface area contributed by atoms with Gasteiger partial charge in [-0.3, -0.25) is 4.79 Å². The Bertz CT molecular complexity index is 533. The lowest BCUT2D eigenvalue weighted by atomic mass is 10.1. The van der Waals surface area contributed by atoms with E-state index in [-0.39, 0.29) is 18.2 Å². The minimum absolute atomic E-state index is 0.171. The summed E-state index contributed by atoms with van der Waals surface area (Å²) in [6.45, 7) is 7.10. The lowest BCUT2D eigenvalue weighted by Gasteiger charge is -2.28. The maximum atomic E-state index is 12.4. The van der Waals surface area contributed by atoms with Crippen LogP contribution < -0.4 is 4.74 Å². The second-order valence-corrected chi connectivity index (χ2v) is 6.91. The number of carbonyl (C=O) groups is 1. The van der Waals surface area contributed by atoms with Crippen LogP contribution in [0.1, 0.15) is 63.5 Å². The van der Waals surface area contributed by atoms with Crippen molar-refractivity contribution in [3.05, 3.63) is 29.3 Å². The number of hydrogen-bond donors (Lipinski definition) is 0. The molecular formula is C21H32O4. The Morgan fingerprint density at radius 3 is 2.48 bits per heavy atom. The monoisotopic (exact) mass is 348 g/mol. The molecule has 0 spiro atoms. The number of hydrogen-bond acceptors (Lipinski definition) is 4. The first-order valence-corrected chi connectivity index (χ1v) is 9.68. The van der Waals surface area contributed by atoms with Gasteiger partial charge in [0.25, 0.3) is 0 Å². The molecule has 1 saturated heterocycles. The quantitative estimate of drug-likeness (QED) is 0.365. The molecule has 2 rings (SSSR count). The maximum absolute atomic E-state index is 12.4. The topological polar surface area (TPSA) is 44.8 Å². The highest BCUT2D eigenvalue weighted by atomic mass is 16.7. The van der Waals surface area contributed by atoms with Gasteiger partial charge in [-0.15, -0.1) is 0 Å². The summed E-state index contributed by atoms with van der Waals surface area (Å²) >= 11 is 0. The van der Waals surface area contributed by atoms with E-state index in [1.54, 1.807) is 0 Å². The normalized spacial score (nSPS) is 20.4. The molecule has 1 fully saturated rings. The fourth-order valence-corrected chi connectivity index (χ4v) is 2.96. The number of ether oxygens (including phenoxy) is 3. The summed E-state index contributed by atoms with van der Waals surface area (Å²) < 4.78 is 16.9. The van der Waals surface area contributed by atoms with Crippen LogP contribution in [0.3, 0.4) is 0 Å². The molecule has 0 aromatic heterocycles. The number of esters is 1. The van der Waals surface area contributed by atoms with E-state index in [9.17, 15) is 4.79 Å². The molecular weight excluding hydrogens is 316 g/mol. The summed E-state index contributed by atoms with van der Waals surface area (Å²) in [4.78, 5) is 12.4. The molecule has 0 N–H and O–H groups in total. The molecule has 0 unspecified atom stereocenters. The van der Waals surface area contributed by atoms with Crippen molar-refractivity contribution < 1.29 is 19.0 Å². The zero-order chi connectivity index (χ0) is 18.1. The van der Waals surface area contributed by atoms with Gasteiger partial charge in [-0.25, -0.2) is 0 Å². The molecule has 25 heavy (non-hydrogen) atoms. The molecule has 140 valence electrons. The van der Waals surface area contributed by atoms with Crippen molar-refractivity contribution >= 4 is 5.97 Å². The van der Waals surface area contributed by atoms with Crippen LogP contribution in [0, 0.1) is 12.8 Å². The van der Waals surface area contributed by atoms with Crippen LogP contribution in [0.15, 0.2) is 18.2 Å². The van der Waals surface area contributed by atoms with Crippen LogP contribution in [-0.4, -0.2) is 25.5 Å². The van der Waals surface area contributed by atoms with Gasteiger partial charge in [0.1, 0.15) is 11.7 Å². The third kappa shape index (κ3) is 6.44. The molecule has 0 aliphatic carbocycles. The Morgan fingerprint density at radius 2 is 1.84 bits per heavy atom. The second-order valence-electron chi connectivity index (χ2n) is 6.91. The molecule has 1 aromatic rings. The SMILES string of the molecule is CCCCCC1OCC(C(=O)Oc2ccc(CCCC)cc2C)CO1. The van der Waals surface area contributed by atoms with Gasteiger partial charge in [0.05, 0.1) is 13.2 Å². The van der Waals surface area contributed by atoms with Gasteiger partial charge in [0, 0.05) is 0 Å². The summed E-state index contributed by atoms with van der Waals surface area (Å²) in [5.74, 6) is 0.0216. The van der Waals surface area contributed by atoms with Crippen LogP contribution in [0.5, 0.6) is 5.75 Å². The van der Waals surface area contributed by atoms with Crippen molar-refractivity contribution in [2.45, 2.75) is 72.0 Å². The Labute approximate surface area is 151 Å². The van der Waals surface area contributed by atoms with Gasteiger partial charge in [-0.2, -0.15) is 0 Å². The van der Waals surface area contributed by atoms with E-state index in [2.05, 4.69) is 19.9 Å². The van der Waals surface area contributed by atoms with Crippen LogP contribution in [0.4, 0.5) is 0 Å². The maximum Gasteiger partial charge on any atom is 0.319 e. The Morgan fingerprint density at radius 1 is 1.12 bits per heavy atom. The second kappa shape index (κ2) is 10.6. The minimum Gasteiger partial charge on any atom is -0.426 e. The average molecular weight is 348 g/mol. The van der Waals surface area contributed by atoms with E-state index < -0.39 is 0 Å². The average Bonchev–Trinajstić information content (AvgIpc) is 2.62. The lowest BCUT2D eigenvalue weighted by molar-refractivity contribution is -0.208. The summed E-state index contributed by atoms with van der Waals surface area (Å²) in [6.07, 6.45) is 7.60. The Hall–Kier alpha value is -1.39. The van der Waals surface area contributed by atoms with Crippen LogP contribution in [-0.2, 0) is 20.7 Å². The van der Waals surface area contributed by atoms with Crippen molar-refractivity contribution in [2.24, 2.45) is 5.92 Å². The van der Waals surface area contributed by atoms with Gasteiger partial charge in [-0.1, -0.05) is 45.2 Å². The molecule has 1 heterocycles. The lowest BCUT2D eigenvalue weighted by Crippen LogP contribution is -2.38. The van der Waals surface area contributed by atoms with E-state index in [1.165, 1.54) is 31.2 Å². The molecule has 1 aliphatic rings. The minimum atomic E-state index is -0.346. The number of aryl methyl sites for hydroxylation is 2. The molecule has 4 heteroatoms. The van der Waals surface area contributed by atoms with E-state index in [0.29, 0.717) is 19.0 Å². The highest BCUT2D eigenvalue weighted by Crippen LogP contribution is 2.23. The number of carbonyl (C=O) groups excluding carboxylic acids is 1. The summed E-state index contributed by atoms with van der Waals surface area (Å²) in [7, 11) is 0. The summed E-state index contributed by atoms with van der Waals surface area (Å²) in [5, 5.41) is 0. The van der Waals surface area contributed by atoms with Gasteiger partial charge < -0.3 is 14.2 Å². The first-order chi connectivity index (χ1) is 12.1. The van der Waals surface area contributed by atoms with Crippen LogP contribution in [0.25, 0.3) is 0 Å². The van der Waals surface area contributed by atoms with E-state index in [4.69, 9.17) is 14.2 Å². The fourth-order valence-electron chi connectivity index (χ4n) is 2.96. The third-order valence-electron chi connectivity index (χ3n) is 4.61.